The fourth-order valence-electron chi connectivity index (χ4n) is 2.08. The van der Waals surface area contributed by atoms with Gasteiger partial charge < -0.3 is 9.64 Å². The summed E-state index contributed by atoms with van der Waals surface area (Å²) in [6.45, 7) is 1.86. The summed E-state index contributed by atoms with van der Waals surface area (Å²) in [4.78, 5) is 2.23. The molecule has 1 aliphatic heterocycles. The van der Waals surface area contributed by atoms with Crippen LogP contribution in [0, 0.1) is 0 Å². The van der Waals surface area contributed by atoms with Crippen LogP contribution in [0.15, 0.2) is 22.7 Å². The molecule has 1 fully saturated rings. The van der Waals surface area contributed by atoms with Gasteiger partial charge in [0.2, 0.25) is 0 Å². The zero-order chi connectivity index (χ0) is 12.3. The number of hydrogen-bond acceptors (Lipinski definition) is 2. The van der Waals surface area contributed by atoms with Gasteiger partial charge in [-0.15, -0.1) is 11.6 Å². The molecule has 0 aliphatic carbocycles. The summed E-state index contributed by atoms with van der Waals surface area (Å²) in [6.07, 6.45) is 2.74. The van der Waals surface area contributed by atoms with Crippen LogP contribution in [0.4, 0.5) is 5.69 Å². The molecule has 1 atom stereocenters. The van der Waals surface area contributed by atoms with Crippen molar-refractivity contribution in [2.75, 3.05) is 25.1 Å². The number of benzene rings is 1. The Morgan fingerprint density at radius 2 is 2.35 bits per heavy atom. The van der Waals surface area contributed by atoms with E-state index in [1.165, 1.54) is 18.5 Å². The Labute approximate surface area is 116 Å². The van der Waals surface area contributed by atoms with Crippen molar-refractivity contribution in [2.24, 2.45) is 0 Å². The quantitative estimate of drug-likeness (QED) is 0.783. The Kier molecular flexibility index (Phi) is 4.71. The molecular formula is C13H17BrClNO. The van der Waals surface area contributed by atoms with Crippen molar-refractivity contribution in [3.8, 4) is 0 Å². The van der Waals surface area contributed by atoms with Crippen LogP contribution in [0.25, 0.3) is 0 Å². The molecule has 2 nitrogen and oxygen atoms in total. The minimum atomic E-state index is 0.381. The average molecular weight is 319 g/mol. The van der Waals surface area contributed by atoms with Crippen LogP contribution in [0.1, 0.15) is 18.4 Å². The van der Waals surface area contributed by atoms with Gasteiger partial charge >= 0.3 is 0 Å². The molecule has 1 heterocycles. The Morgan fingerprint density at radius 1 is 1.53 bits per heavy atom. The summed E-state index contributed by atoms with van der Waals surface area (Å²) in [5.74, 6) is 0.538. The molecule has 0 bridgehead atoms. The SMILES string of the molecule is CN(CC1CCCO1)c1ccc(CCl)c(Br)c1. The highest BCUT2D eigenvalue weighted by Crippen LogP contribution is 2.25. The van der Waals surface area contributed by atoms with Crippen molar-refractivity contribution >= 4 is 33.2 Å². The third-order valence-corrected chi connectivity index (χ3v) is 4.15. The van der Waals surface area contributed by atoms with Gasteiger partial charge in [-0.05, 0) is 30.5 Å². The molecule has 1 saturated heterocycles. The molecule has 1 aromatic carbocycles. The lowest BCUT2D eigenvalue weighted by atomic mass is 10.2. The van der Waals surface area contributed by atoms with Gasteiger partial charge in [0.25, 0.3) is 0 Å². The third kappa shape index (κ3) is 3.36. The highest BCUT2D eigenvalue weighted by atomic mass is 79.9. The van der Waals surface area contributed by atoms with Crippen LogP contribution in [-0.2, 0) is 10.6 Å². The van der Waals surface area contributed by atoms with Crippen LogP contribution >= 0.6 is 27.5 Å². The van der Waals surface area contributed by atoms with E-state index in [0.29, 0.717) is 12.0 Å². The van der Waals surface area contributed by atoms with Gasteiger partial charge in [0.05, 0.1) is 6.10 Å². The number of likely N-dealkylation sites (N-methyl/N-ethyl adjacent to an activating group) is 1. The molecule has 0 N–H and O–H groups in total. The van der Waals surface area contributed by atoms with Crippen LogP contribution < -0.4 is 4.90 Å². The van der Waals surface area contributed by atoms with Crippen molar-refractivity contribution < 1.29 is 4.74 Å². The van der Waals surface area contributed by atoms with Gasteiger partial charge in [0, 0.05) is 36.2 Å². The summed E-state index contributed by atoms with van der Waals surface area (Å²) in [5.41, 5.74) is 2.32. The van der Waals surface area contributed by atoms with Crippen LogP contribution in [0.3, 0.4) is 0 Å². The number of anilines is 1. The maximum atomic E-state index is 5.84. The average Bonchev–Trinajstić information content (AvgIpc) is 2.81. The first-order chi connectivity index (χ1) is 8.20. The van der Waals surface area contributed by atoms with E-state index in [2.05, 4.69) is 46.1 Å². The number of ether oxygens (including phenoxy) is 1. The van der Waals surface area contributed by atoms with Gasteiger partial charge in [0.1, 0.15) is 0 Å². The topological polar surface area (TPSA) is 12.5 Å². The van der Waals surface area contributed by atoms with Crippen LogP contribution in [-0.4, -0.2) is 26.3 Å². The summed E-state index contributed by atoms with van der Waals surface area (Å²) >= 11 is 9.38. The number of halogens is 2. The molecule has 2 rings (SSSR count). The van der Waals surface area contributed by atoms with Crippen molar-refractivity contribution in [3.05, 3.63) is 28.2 Å². The number of rotatable bonds is 4. The van der Waals surface area contributed by atoms with Gasteiger partial charge in [-0.3, -0.25) is 0 Å². The van der Waals surface area contributed by atoms with E-state index >= 15 is 0 Å². The molecule has 4 heteroatoms. The largest absolute Gasteiger partial charge is 0.376 e. The van der Waals surface area contributed by atoms with Crippen LogP contribution in [0.5, 0.6) is 0 Å². The van der Waals surface area contributed by atoms with Crippen molar-refractivity contribution in [1.82, 2.24) is 0 Å². The highest BCUT2D eigenvalue weighted by Gasteiger charge is 2.17. The second kappa shape index (κ2) is 6.07. The van der Waals surface area contributed by atoms with Crippen LogP contribution in [0.2, 0.25) is 0 Å². The number of hydrogen-bond donors (Lipinski definition) is 0. The summed E-state index contributed by atoms with van der Waals surface area (Å²) in [6, 6.07) is 6.29. The monoisotopic (exact) mass is 317 g/mol. The normalized spacial score (nSPS) is 19.6. The minimum absolute atomic E-state index is 0.381. The number of nitrogens with zero attached hydrogens (tertiary/aromatic N) is 1. The van der Waals surface area contributed by atoms with Gasteiger partial charge in [-0.1, -0.05) is 22.0 Å². The fraction of sp³-hybridized carbons (Fsp3) is 0.538. The third-order valence-electron chi connectivity index (χ3n) is 3.12. The van der Waals surface area contributed by atoms with Gasteiger partial charge in [-0.2, -0.15) is 0 Å². The lowest BCUT2D eigenvalue weighted by Crippen LogP contribution is -2.28. The summed E-state index contributed by atoms with van der Waals surface area (Å²) in [5, 5.41) is 0. The van der Waals surface area contributed by atoms with E-state index in [4.69, 9.17) is 16.3 Å². The molecule has 0 radical (unpaired) electrons. The Balaban J connectivity index is 2.02. The number of alkyl halides is 1. The fourth-order valence-corrected chi connectivity index (χ4v) is 2.98. The van der Waals surface area contributed by atoms with Gasteiger partial charge in [-0.25, -0.2) is 0 Å². The van der Waals surface area contributed by atoms with E-state index < -0.39 is 0 Å². The first-order valence-corrected chi connectivity index (χ1v) is 7.20. The second-order valence-electron chi connectivity index (χ2n) is 4.42. The maximum absolute atomic E-state index is 5.84. The zero-order valence-electron chi connectivity index (χ0n) is 9.96. The molecule has 0 aromatic heterocycles. The first kappa shape index (κ1) is 13.2. The molecule has 17 heavy (non-hydrogen) atoms. The minimum Gasteiger partial charge on any atom is -0.376 e. The molecule has 1 aliphatic rings. The Hall–Kier alpha value is -0.250. The molecule has 1 aromatic rings. The van der Waals surface area contributed by atoms with Crippen molar-refractivity contribution in [2.45, 2.75) is 24.8 Å². The predicted molar refractivity (Wildman–Crippen MR) is 75.9 cm³/mol. The molecule has 0 spiro atoms. The molecular weight excluding hydrogens is 302 g/mol. The maximum Gasteiger partial charge on any atom is 0.0750 e. The van der Waals surface area contributed by atoms with Gasteiger partial charge in [0.15, 0.2) is 0 Å². The van der Waals surface area contributed by atoms with E-state index in [9.17, 15) is 0 Å². The summed E-state index contributed by atoms with van der Waals surface area (Å²) in [7, 11) is 2.10. The molecule has 0 amide bonds. The zero-order valence-corrected chi connectivity index (χ0v) is 12.3. The van der Waals surface area contributed by atoms with Crippen molar-refractivity contribution in [1.29, 1.82) is 0 Å². The standard InChI is InChI=1S/C13H17BrClNO/c1-16(9-12-3-2-6-17-12)11-5-4-10(8-15)13(14)7-11/h4-5,7,12H,2-3,6,8-9H2,1H3. The van der Waals surface area contributed by atoms with E-state index in [1.54, 1.807) is 0 Å². The van der Waals surface area contributed by atoms with E-state index in [1.807, 2.05) is 0 Å². The summed E-state index contributed by atoms with van der Waals surface area (Å²) < 4.78 is 6.72. The molecule has 1 unspecified atom stereocenters. The smallest absolute Gasteiger partial charge is 0.0750 e. The molecule has 0 saturated carbocycles. The lowest BCUT2D eigenvalue weighted by Gasteiger charge is -2.23. The van der Waals surface area contributed by atoms with Crippen molar-refractivity contribution in [3.63, 3.8) is 0 Å². The van der Waals surface area contributed by atoms with E-state index in [-0.39, 0.29) is 0 Å². The lowest BCUT2D eigenvalue weighted by molar-refractivity contribution is 0.116. The predicted octanol–water partition coefficient (Wildman–Crippen LogP) is 3.80. The Morgan fingerprint density at radius 3 is 2.94 bits per heavy atom. The second-order valence-corrected chi connectivity index (χ2v) is 5.55. The van der Waals surface area contributed by atoms with E-state index in [0.717, 1.165) is 23.2 Å². The highest BCUT2D eigenvalue weighted by molar-refractivity contribution is 9.10. The molecule has 94 valence electrons. The Bertz CT molecular complexity index is 380. The first-order valence-electron chi connectivity index (χ1n) is 5.88.